The highest BCUT2D eigenvalue weighted by Gasteiger charge is 2.45. The molecule has 1 aliphatic carbocycles. The van der Waals surface area contributed by atoms with E-state index in [1.54, 1.807) is 4.52 Å². The first kappa shape index (κ1) is 8.30. The van der Waals surface area contributed by atoms with Crippen molar-refractivity contribution in [1.29, 1.82) is 5.26 Å². The number of rotatable bonds is 1. The van der Waals surface area contributed by atoms with Crippen molar-refractivity contribution in [3.63, 3.8) is 0 Å². The Labute approximate surface area is 86.9 Å². The van der Waals surface area contributed by atoms with Gasteiger partial charge in [0.25, 0.3) is 0 Å². The van der Waals surface area contributed by atoms with Gasteiger partial charge < -0.3 is 5.73 Å². The van der Waals surface area contributed by atoms with E-state index in [-0.39, 0.29) is 5.41 Å². The summed E-state index contributed by atoms with van der Waals surface area (Å²) in [5.74, 6) is 0.508. The highest BCUT2D eigenvalue weighted by Crippen LogP contribution is 2.47. The van der Waals surface area contributed by atoms with Gasteiger partial charge in [-0.15, -0.1) is 0 Å². The van der Waals surface area contributed by atoms with Crippen LogP contribution in [-0.2, 0) is 5.41 Å². The molecule has 74 valence electrons. The molecule has 4 nitrogen and oxygen atoms in total. The van der Waals surface area contributed by atoms with Crippen LogP contribution in [0.2, 0.25) is 0 Å². The molecule has 2 aromatic heterocycles. The van der Waals surface area contributed by atoms with E-state index in [4.69, 9.17) is 11.0 Å². The monoisotopic (exact) mass is 198 g/mol. The Hall–Kier alpha value is -2.02. The lowest BCUT2D eigenvalue weighted by Gasteiger charge is -2.05. The first-order chi connectivity index (χ1) is 7.23. The Morgan fingerprint density at radius 3 is 2.93 bits per heavy atom. The second-order valence-corrected chi connectivity index (χ2v) is 4.05. The van der Waals surface area contributed by atoms with E-state index in [0.717, 1.165) is 23.9 Å². The molecule has 0 amide bonds. The Morgan fingerprint density at radius 1 is 1.47 bits per heavy atom. The van der Waals surface area contributed by atoms with Gasteiger partial charge in [-0.2, -0.15) is 10.4 Å². The van der Waals surface area contributed by atoms with Crippen LogP contribution in [0.25, 0.3) is 5.52 Å². The number of nitriles is 1. The van der Waals surface area contributed by atoms with E-state index in [1.165, 1.54) is 0 Å². The van der Waals surface area contributed by atoms with Gasteiger partial charge in [-0.25, -0.2) is 4.52 Å². The minimum Gasteiger partial charge on any atom is -0.382 e. The number of pyridine rings is 1. The van der Waals surface area contributed by atoms with Crippen LogP contribution in [0.3, 0.4) is 0 Å². The van der Waals surface area contributed by atoms with Crippen molar-refractivity contribution < 1.29 is 0 Å². The molecular formula is C11H10N4. The number of anilines is 1. The smallest absolute Gasteiger partial charge is 0.146 e. The Balaban J connectivity index is 2.18. The average molecular weight is 198 g/mol. The van der Waals surface area contributed by atoms with E-state index in [0.29, 0.717) is 5.82 Å². The molecule has 0 saturated heterocycles. The minimum absolute atomic E-state index is 0.255. The molecular weight excluding hydrogens is 188 g/mol. The molecule has 2 aromatic rings. The van der Waals surface area contributed by atoms with Gasteiger partial charge in [0, 0.05) is 12.3 Å². The molecule has 1 aliphatic rings. The van der Waals surface area contributed by atoms with Gasteiger partial charge in [0.15, 0.2) is 0 Å². The average Bonchev–Trinajstić information content (AvgIpc) is 2.94. The van der Waals surface area contributed by atoms with E-state index in [9.17, 15) is 0 Å². The lowest BCUT2D eigenvalue weighted by molar-refractivity contribution is 0.863. The minimum atomic E-state index is -0.255. The van der Waals surface area contributed by atoms with Crippen molar-refractivity contribution in [2.45, 2.75) is 18.3 Å². The van der Waals surface area contributed by atoms with Crippen LogP contribution < -0.4 is 5.73 Å². The zero-order valence-electron chi connectivity index (χ0n) is 8.14. The maximum Gasteiger partial charge on any atom is 0.146 e. The number of nitrogen functional groups attached to an aromatic ring is 1. The first-order valence-electron chi connectivity index (χ1n) is 4.90. The maximum absolute atomic E-state index is 9.08. The molecule has 0 spiro atoms. The molecule has 3 rings (SSSR count). The molecule has 1 saturated carbocycles. The molecule has 2 N–H and O–H groups in total. The third kappa shape index (κ3) is 1.10. The summed E-state index contributed by atoms with van der Waals surface area (Å²) in [4.78, 5) is 0. The molecule has 0 bridgehead atoms. The molecule has 0 unspecified atom stereocenters. The van der Waals surface area contributed by atoms with Gasteiger partial charge in [0.05, 0.1) is 17.0 Å². The summed E-state index contributed by atoms with van der Waals surface area (Å²) >= 11 is 0. The Morgan fingerprint density at radius 2 is 2.27 bits per heavy atom. The van der Waals surface area contributed by atoms with Gasteiger partial charge in [0.2, 0.25) is 0 Å². The molecule has 0 radical (unpaired) electrons. The topological polar surface area (TPSA) is 67.1 Å². The molecule has 4 heteroatoms. The Kier molecular flexibility index (Phi) is 1.39. The summed E-state index contributed by atoms with van der Waals surface area (Å²) in [6.07, 6.45) is 3.80. The predicted molar refractivity (Wildman–Crippen MR) is 56.1 cm³/mol. The van der Waals surface area contributed by atoms with E-state index in [2.05, 4.69) is 11.2 Å². The van der Waals surface area contributed by atoms with E-state index < -0.39 is 0 Å². The fourth-order valence-electron chi connectivity index (χ4n) is 1.88. The highest BCUT2D eigenvalue weighted by molar-refractivity contribution is 5.55. The van der Waals surface area contributed by atoms with Crippen LogP contribution >= 0.6 is 0 Å². The fraction of sp³-hybridized carbons (Fsp3) is 0.273. The summed E-state index contributed by atoms with van der Waals surface area (Å²) in [5.41, 5.74) is 7.35. The Bertz CT molecular complexity index is 572. The first-order valence-corrected chi connectivity index (χ1v) is 4.90. The van der Waals surface area contributed by atoms with Crippen molar-refractivity contribution in [3.8, 4) is 6.07 Å². The summed E-state index contributed by atoms with van der Waals surface area (Å²) in [7, 11) is 0. The van der Waals surface area contributed by atoms with Crippen LogP contribution in [0.1, 0.15) is 18.4 Å². The molecule has 0 aliphatic heterocycles. The second kappa shape index (κ2) is 2.51. The number of hydrogen-bond donors (Lipinski definition) is 1. The highest BCUT2D eigenvalue weighted by atomic mass is 15.2. The summed E-state index contributed by atoms with van der Waals surface area (Å²) < 4.78 is 1.74. The van der Waals surface area contributed by atoms with Crippen molar-refractivity contribution in [2.24, 2.45) is 0 Å². The zero-order valence-corrected chi connectivity index (χ0v) is 8.14. The van der Waals surface area contributed by atoms with Crippen LogP contribution in [0.15, 0.2) is 24.4 Å². The van der Waals surface area contributed by atoms with Gasteiger partial charge >= 0.3 is 0 Å². The van der Waals surface area contributed by atoms with Gasteiger partial charge in [-0.1, -0.05) is 6.07 Å². The van der Waals surface area contributed by atoms with Gasteiger partial charge in [-0.3, -0.25) is 0 Å². The van der Waals surface area contributed by atoms with Crippen molar-refractivity contribution in [3.05, 3.63) is 30.0 Å². The lowest BCUT2D eigenvalue weighted by Crippen LogP contribution is -2.04. The van der Waals surface area contributed by atoms with E-state index >= 15 is 0 Å². The normalized spacial score (nSPS) is 17.5. The van der Waals surface area contributed by atoms with Crippen molar-refractivity contribution >= 4 is 11.3 Å². The van der Waals surface area contributed by atoms with Crippen LogP contribution in [0.4, 0.5) is 5.82 Å². The van der Waals surface area contributed by atoms with Gasteiger partial charge in [0.1, 0.15) is 5.82 Å². The van der Waals surface area contributed by atoms with Crippen LogP contribution in [-0.4, -0.2) is 9.61 Å². The third-order valence-electron chi connectivity index (χ3n) is 3.00. The summed E-state index contributed by atoms with van der Waals surface area (Å²) in [6.45, 7) is 0. The zero-order chi connectivity index (χ0) is 10.5. The quantitative estimate of drug-likeness (QED) is 0.754. The maximum atomic E-state index is 9.08. The van der Waals surface area contributed by atoms with Crippen molar-refractivity contribution in [2.75, 3.05) is 5.73 Å². The number of hydrogen-bond acceptors (Lipinski definition) is 3. The molecule has 1 fully saturated rings. The summed E-state index contributed by atoms with van der Waals surface area (Å²) in [5, 5.41) is 13.2. The fourth-order valence-corrected chi connectivity index (χ4v) is 1.88. The van der Waals surface area contributed by atoms with Crippen molar-refractivity contribution in [1.82, 2.24) is 9.61 Å². The van der Waals surface area contributed by atoms with Crippen LogP contribution in [0.5, 0.6) is 0 Å². The number of nitrogens with two attached hydrogens (primary N) is 1. The molecule has 0 atom stereocenters. The molecule has 15 heavy (non-hydrogen) atoms. The SMILES string of the molecule is N#CC1(c2ccc3cc(N)nn3c2)CC1. The van der Waals surface area contributed by atoms with Crippen LogP contribution in [0, 0.1) is 11.3 Å². The molecule has 2 heterocycles. The third-order valence-corrected chi connectivity index (χ3v) is 3.00. The standard InChI is InChI=1S/C11H10N4/c12-7-11(3-4-11)8-1-2-9-5-10(13)14-15(9)6-8/h1-2,5-6H,3-4H2,(H2,13,14). The lowest BCUT2D eigenvalue weighted by atomic mass is 10.00. The van der Waals surface area contributed by atoms with E-state index in [1.807, 2.05) is 24.4 Å². The number of aromatic nitrogens is 2. The summed E-state index contributed by atoms with van der Waals surface area (Å²) in [6, 6.07) is 8.13. The number of fused-ring (bicyclic) bond motifs is 1. The predicted octanol–water partition coefficient (Wildman–Crippen LogP) is 1.47. The van der Waals surface area contributed by atoms with Gasteiger partial charge in [-0.05, 0) is 24.5 Å². The largest absolute Gasteiger partial charge is 0.382 e. The second-order valence-electron chi connectivity index (χ2n) is 4.05. The number of nitrogens with zero attached hydrogens (tertiary/aromatic N) is 3. The molecule has 0 aromatic carbocycles.